The van der Waals surface area contributed by atoms with Crippen LogP contribution in [-0.4, -0.2) is 51.4 Å². The van der Waals surface area contributed by atoms with Gasteiger partial charge < -0.3 is 21.3 Å². The predicted molar refractivity (Wildman–Crippen MR) is 95.1 cm³/mol. The fourth-order valence-corrected chi connectivity index (χ4v) is 2.06. The van der Waals surface area contributed by atoms with Crippen molar-refractivity contribution in [2.24, 2.45) is 0 Å². The van der Waals surface area contributed by atoms with Crippen LogP contribution in [0.5, 0.6) is 0 Å². The highest BCUT2D eigenvalue weighted by molar-refractivity contribution is 4.59. The molecular weight excluding hydrogens is 260 g/mol. The van der Waals surface area contributed by atoms with Gasteiger partial charge in [-0.15, -0.1) is 0 Å². The Hall–Kier alpha value is -0.160. The van der Waals surface area contributed by atoms with Crippen LogP contribution in [0.25, 0.3) is 0 Å². The van der Waals surface area contributed by atoms with E-state index in [1.807, 2.05) is 0 Å². The van der Waals surface area contributed by atoms with Gasteiger partial charge in [0, 0.05) is 12.1 Å². The highest BCUT2D eigenvalue weighted by atomic mass is 14.9. The summed E-state index contributed by atoms with van der Waals surface area (Å²) < 4.78 is 0. The van der Waals surface area contributed by atoms with Crippen LogP contribution >= 0.6 is 0 Å². The second-order valence-electron chi connectivity index (χ2n) is 6.29. The third-order valence-corrected chi connectivity index (χ3v) is 3.68. The van der Waals surface area contributed by atoms with E-state index in [0.29, 0.717) is 12.1 Å². The average Bonchev–Trinajstić information content (AvgIpc) is 2.46. The van der Waals surface area contributed by atoms with Gasteiger partial charge in [0.2, 0.25) is 0 Å². The first kappa shape index (κ1) is 20.8. The molecule has 0 aliphatic heterocycles. The molecule has 4 N–H and O–H groups in total. The van der Waals surface area contributed by atoms with Crippen LogP contribution in [0.1, 0.15) is 59.8 Å². The van der Waals surface area contributed by atoms with Gasteiger partial charge in [0.05, 0.1) is 0 Å². The topological polar surface area (TPSA) is 48.1 Å². The van der Waals surface area contributed by atoms with E-state index in [-0.39, 0.29) is 0 Å². The first-order valence-electron chi connectivity index (χ1n) is 9.05. The van der Waals surface area contributed by atoms with Gasteiger partial charge in [-0.25, -0.2) is 0 Å². The van der Waals surface area contributed by atoms with Crippen LogP contribution in [0.4, 0.5) is 0 Å². The van der Waals surface area contributed by atoms with Gasteiger partial charge in [0.1, 0.15) is 0 Å². The zero-order chi connectivity index (χ0) is 15.8. The van der Waals surface area contributed by atoms with Gasteiger partial charge >= 0.3 is 0 Å². The zero-order valence-corrected chi connectivity index (χ0v) is 14.9. The molecule has 1 unspecified atom stereocenters. The minimum atomic E-state index is 0.608. The van der Waals surface area contributed by atoms with E-state index in [1.54, 1.807) is 0 Å². The maximum absolute atomic E-state index is 3.52. The Morgan fingerprint density at radius 2 is 1.10 bits per heavy atom. The molecule has 0 aliphatic carbocycles. The molecular formula is C17H40N4. The quantitative estimate of drug-likeness (QED) is 0.330. The molecule has 0 fully saturated rings. The maximum atomic E-state index is 3.52. The third kappa shape index (κ3) is 17.8. The van der Waals surface area contributed by atoms with E-state index < -0.39 is 0 Å². The fourth-order valence-electron chi connectivity index (χ4n) is 2.06. The van der Waals surface area contributed by atoms with Crippen LogP contribution in [0.2, 0.25) is 0 Å². The lowest BCUT2D eigenvalue weighted by molar-refractivity contribution is 0.505. The Morgan fingerprint density at radius 3 is 1.57 bits per heavy atom. The van der Waals surface area contributed by atoms with Crippen molar-refractivity contribution in [2.45, 2.75) is 71.9 Å². The molecule has 0 aromatic carbocycles. The molecule has 1 atom stereocenters. The van der Waals surface area contributed by atoms with Crippen molar-refractivity contribution in [3.63, 3.8) is 0 Å². The van der Waals surface area contributed by atoms with E-state index in [9.17, 15) is 0 Å². The predicted octanol–water partition coefficient (Wildman–Crippen LogP) is 2.11. The van der Waals surface area contributed by atoms with Crippen molar-refractivity contribution in [3.05, 3.63) is 0 Å². The van der Waals surface area contributed by atoms with Gasteiger partial charge in [0.15, 0.2) is 0 Å². The summed E-state index contributed by atoms with van der Waals surface area (Å²) >= 11 is 0. The molecule has 0 radical (unpaired) electrons. The van der Waals surface area contributed by atoms with Gasteiger partial charge in [0.25, 0.3) is 0 Å². The normalized spacial score (nSPS) is 13.0. The Balaban J connectivity index is 2.99. The minimum Gasteiger partial charge on any atom is -0.317 e. The molecule has 0 saturated carbocycles. The second-order valence-corrected chi connectivity index (χ2v) is 6.29. The molecule has 0 heterocycles. The summed E-state index contributed by atoms with van der Waals surface area (Å²) in [6.45, 7) is 15.7. The van der Waals surface area contributed by atoms with Crippen LogP contribution in [0.15, 0.2) is 0 Å². The van der Waals surface area contributed by atoms with E-state index in [1.165, 1.54) is 32.1 Å². The highest BCUT2D eigenvalue weighted by Gasteiger charge is 1.96. The molecule has 0 aliphatic rings. The monoisotopic (exact) mass is 300 g/mol. The highest BCUT2D eigenvalue weighted by Crippen LogP contribution is 1.88. The van der Waals surface area contributed by atoms with Gasteiger partial charge in [-0.2, -0.15) is 0 Å². The zero-order valence-electron chi connectivity index (χ0n) is 14.9. The summed E-state index contributed by atoms with van der Waals surface area (Å²) in [4.78, 5) is 0. The Kier molecular flexibility index (Phi) is 16.1. The number of hydrogen-bond acceptors (Lipinski definition) is 4. The first-order valence-corrected chi connectivity index (χ1v) is 9.05. The summed E-state index contributed by atoms with van der Waals surface area (Å²) in [7, 11) is 0. The van der Waals surface area contributed by atoms with Crippen molar-refractivity contribution < 1.29 is 0 Å². The summed E-state index contributed by atoms with van der Waals surface area (Å²) in [5.41, 5.74) is 0. The number of rotatable bonds is 16. The summed E-state index contributed by atoms with van der Waals surface area (Å²) in [5.74, 6) is 0. The van der Waals surface area contributed by atoms with E-state index in [0.717, 1.165) is 39.3 Å². The van der Waals surface area contributed by atoms with Crippen LogP contribution in [0, 0.1) is 0 Å². The fraction of sp³-hybridized carbons (Fsp3) is 1.00. The van der Waals surface area contributed by atoms with Crippen molar-refractivity contribution in [1.29, 1.82) is 0 Å². The third-order valence-electron chi connectivity index (χ3n) is 3.68. The molecule has 0 bridgehead atoms. The Morgan fingerprint density at radius 1 is 0.619 bits per heavy atom. The van der Waals surface area contributed by atoms with Crippen molar-refractivity contribution in [1.82, 2.24) is 21.3 Å². The summed E-state index contributed by atoms with van der Waals surface area (Å²) in [6.07, 6.45) is 6.21. The summed E-state index contributed by atoms with van der Waals surface area (Å²) in [6, 6.07) is 1.27. The van der Waals surface area contributed by atoms with Crippen LogP contribution in [0.3, 0.4) is 0 Å². The molecule has 0 rings (SSSR count). The molecule has 0 aromatic heterocycles. The molecule has 0 spiro atoms. The van der Waals surface area contributed by atoms with Gasteiger partial charge in [-0.05, 0) is 78.3 Å². The van der Waals surface area contributed by atoms with E-state index in [4.69, 9.17) is 0 Å². The molecule has 4 heteroatoms. The van der Waals surface area contributed by atoms with Crippen molar-refractivity contribution >= 4 is 0 Å². The molecule has 21 heavy (non-hydrogen) atoms. The lowest BCUT2D eigenvalue weighted by Gasteiger charge is -2.11. The Bertz CT molecular complexity index is 197. The minimum absolute atomic E-state index is 0.608. The SMILES string of the molecule is CCC(C)NCCCNCCCCNCCCNC(C)C. The number of nitrogens with one attached hydrogen (secondary N) is 4. The molecule has 4 nitrogen and oxygen atoms in total. The first-order chi connectivity index (χ1) is 10.2. The van der Waals surface area contributed by atoms with Gasteiger partial charge in [-0.3, -0.25) is 0 Å². The lowest BCUT2D eigenvalue weighted by Crippen LogP contribution is -2.29. The van der Waals surface area contributed by atoms with Crippen LogP contribution in [-0.2, 0) is 0 Å². The van der Waals surface area contributed by atoms with E-state index >= 15 is 0 Å². The Labute approximate surface area is 133 Å². The number of unbranched alkanes of at least 4 members (excludes halogenated alkanes) is 1. The molecule has 0 saturated heterocycles. The maximum Gasteiger partial charge on any atom is 0.00361 e. The van der Waals surface area contributed by atoms with Crippen molar-refractivity contribution in [3.8, 4) is 0 Å². The van der Waals surface area contributed by atoms with Crippen molar-refractivity contribution in [2.75, 3.05) is 39.3 Å². The lowest BCUT2D eigenvalue weighted by atomic mass is 10.2. The standard InChI is InChI=1S/C17H40N4/c1-5-17(4)21-15-9-13-19-11-7-6-10-18-12-8-14-20-16(2)3/h16-21H,5-15H2,1-4H3. The van der Waals surface area contributed by atoms with Crippen LogP contribution < -0.4 is 21.3 Å². The second kappa shape index (κ2) is 16.2. The largest absolute Gasteiger partial charge is 0.317 e. The van der Waals surface area contributed by atoms with Gasteiger partial charge in [-0.1, -0.05) is 20.8 Å². The van der Waals surface area contributed by atoms with E-state index in [2.05, 4.69) is 49.0 Å². The molecule has 128 valence electrons. The molecule has 0 aromatic rings. The number of hydrogen-bond donors (Lipinski definition) is 4. The summed E-state index contributed by atoms with van der Waals surface area (Å²) in [5, 5.41) is 14.0. The smallest absolute Gasteiger partial charge is 0.00361 e. The average molecular weight is 301 g/mol. The molecule has 0 amide bonds.